The van der Waals surface area contributed by atoms with Gasteiger partial charge in [0.15, 0.2) is 0 Å². The number of hydrogen-bond acceptors (Lipinski definition) is 7. The van der Waals surface area contributed by atoms with E-state index in [1.54, 1.807) is 12.1 Å². The van der Waals surface area contributed by atoms with Crippen LogP contribution in [0.5, 0.6) is 0 Å². The number of nitrogen functional groups attached to an aromatic ring is 1. The third kappa shape index (κ3) is 4.60. The van der Waals surface area contributed by atoms with E-state index in [1.807, 2.05) is 19.1 Å². The Kier molecular flexibility index (Phi) is 6.31. The Labute approximate surface area is 206 Å². The van der Waals surface area contributed by atoms with Crippen molar-refractivity contribution in [2.45, 2.75) is 51.5 Å². The number of sulfonamides is 1. The van der Waals surface area contributed by atoms with Gasteiger partial charge in [0.2, 0.25) is 0 Å². The Morgan fingerprint density at radius 1 is 1.14 bits per heavy atom. The second kappa shape index (κ2) is 8.96. The Morgan fingerprint density at radius 2 is 1.89 bits per heavy atom. The Balaban J connectivity index is 1.79. The van der Waals surface area contributed by atoms with E-state index >= 15 is 0 Å². The van der Waals surface area contributed by atoms with Gasteiger partial charge in [0.05, 0.1) is 11.3 Å². The molecule has 184 valence electrons. The number of anilines is 2. The lowest BCUT2D eigenvalue weighted by Crippen LogP contribution is -2.43. The molecule has 0 bridgehead atoms. The van der Waals surface area contributed by atoms with Crippen LogP contribution in [-0.2, 0) is 10.0 Å². The molecular weight excluding hydrogens is 462 g/mol. The molecule has 3 aromatic rings. The first-order valence-electron chi connectivity index (χ1n) is 11.6. The van der Waals surface area contributed by atoms with Crippen molar-refractivity contribution in [1.29, 1.82) is 0 Å². The van der Waals surface area contributed by atoms with Gasteiger partial charge >= 0.3 is 0 Å². The normalized spacial score (nSPS) is 17.4. The second-order valence-corrected chi connectivity index (χ2v) is 11.3. The lowest BCUT2D eigenvalue weighted by Gasteiger charge is -2.36. The van der Waals surface area contributed by atoms with E-state index < -0.39 is 15.9 Å². The zero-order valence-electron chi connectivity index (χ0n) is 20.7. The zero-order valence-corrected chi connectivity index (χ0v) is 21.5. The third-order valence-corrected chi connectivity index (χ3v) is 8.56. The maximum absolute atomic E-state index is 13.3. The van der Waals surface area contributed by atoms with E-state index in [-0.39, 0.29) is 21.8 Å². The van der Waals surface area contributed by atoms with Gasteiger partial charge < -0.3 is 10.6 Å². The summed E-state index contributed by atoms with van der Waals surface area (Å²) in [5, 5.41) is 0. The number of amides is 1. The standard InChI is InChI=1S/C26H31N5O3S/c1-16-8-9-19(15-17(16)2)21-11-10-20(24(29-21)31-14-12-18(3)26(31,4)5)25(32)30-35(33,34)22-7-6-13-28-23(22)27/h6-11,13,15,18H,12,14H2,1-5H3,(H2,27,28)(H,30,32). The van der Waals surface area contributed by atoms with Crippen LogP contribution in [0.25, 0.3) is 11.3 Å². The number of carbonyl (C=O) groups is 1. The number of hydrogen-bond donors (Lipinski definition) is 2. The van der Waals surface area contributed by atoms with Crippen LogP contribution < -0.4 is 15.4 Å². The zero-order chi connectivity index (χ0) is 25.5. The maximum atomic E-state index is 13.3. The topological polar surface area (TPSA) is 118 Å². The van der Waals surface area contributed by atoms with Crippen molar-refractivity contribution in [3.63, 3.8) is 0 Å². The largest absolute Gasteiger partial charge is 0.383 e. The summed E-state index contributed by atoms with van der Waals surface area (Å²) < 4.78 is 28.0. The third-order valence-electron chi connectivity index (χ3n) is 7.18. The van der Waals surface area contributed by atoms with Crippen LogP contribution in [0, 0.1) is 19.8 Å². The number of pyridine rings is 2. The molecule has 1 aromatic carbocycles. The van der Waals surface area contributed by atoms with Gasteiger partial charge in [-0.15, -0.1) is 0 Å². The molecule has 4 rings (SSSR count). The molecule has 0 aliphatic carbocycles. The number of aromatic nitrogens is 2. The molecule has 0 radical (unpaired) electrons. The lowest BCUT2D eigenvalue weighted by atomic mass is 9.90. The Hall–Kier alpha value is -3.46. The summed E-state index contributed by atoms with van der Waals surface area (Å²) in [5.41, 5.74) is 9.64. The van der Waals surface area contributed by atoms with Gasteiger partial charge in [-0.2, -0.15) is 0 Å². The van der Waals surface area contributed by atoms with Crippen molar-refractivity contribution in [2.75, 3.05) is 17.2 Å². The average molecular weight is 494 g/mol. The van der Waals surface area contributed by atoms with Crippen LogP contribution >= 0.6 is 0 Å². The highest BCUT2D eigenvalue weighted by Crippen LogP contribution is 2.39. The first-order chi connectivity index (χ1) is 16.4. The molecule has 1 atom stereocenters. The molecule has 0 spiro atoms. The Morgan fingerprint density at radius 3 is 2.51 bits per heavy atom. The number of benzene rings is 1. The molecule has 3 heterocycles. The summed E-state index contributed by atoms with van der Waals surface area (Å²) in [5.74, 6) is -0.116. The first kappa shape index (κ1) is 24.7. The minimum Gasteiger partial charge on any atom is -0.383 e. The predicted octanol–water partition coefficient (Wildman–Crippen LogP) is 4.09. The van der Waals surface area contributed by atoms with Crippen LogP contribution in [0.2, 0.25) is 0 Å². The van der Waals surface area contributed by atoms with E-state index in [9.17, 15) is 13.2 Å². The fourth-order valence-corrected chi connectivity index (χ4v) is 5.41. The predicted molar refractivity (Wildman–Crippen MR) is 138 cm³/mol. The molecule has 9 heteroatoms. The van der Waals surface area contributed by atoms with Gasteiger partial charge in [0, 0.05) is 23.8 Å². The van der Waals surface area contributed by atoms with Gasteiger partial charge in [0.1, 0.15) is 16.5 Å². The fraction of sp³-hybridized carbons (Fsp3) is 0.346. The van der Waals surface area contributed by atoms with Crippen LogP contribution in [0.4, 0.5) is 11.6 Å². The maximum Gasteiger partial charge on any atom is 0.268 e. The van der Waals surface area contributed by atoms with Crippen molar-refractivity contribution in [2.24, 2.45) is 5.92 Å². The van der Waals surface area contributed by atoms with Gasteiger partial charge in [-0.25, -0.2) is 23.1 Å². The molecule has 1 unspecified atom stereocenters. The first-order valence-corrected chi connectivity index (χ1v) is 13.0. The summed E-state index contributed by atoms with van der Waals surface area (Å²) in [7, 11) is -4.22. The number of nitrogens with zero attached hydrogens (tertiary/aromatic N) is 3. The molecular formula is C26H31N5O3S. The molecule has 1 fully saturated rings. The number of nitrogens with two attached hydrogens (primary N) is 1. The quantitative estimate of drug-likeness (QED) is 0.550. The molecule has 2 aromatic heterocycles. The summed E-state index contributed by atoms with van der Waals surface area (Å²) >= 11 is 0. The highest BCUT2D eigenvalue weighted by Gasteiger charge is 2.41. The minimum absolute atomic E-state index is 0.175. The molecule has 1 aliphatic heterocycles. The lowest BCUT2D eigenvalue weighted by molar-refractivity contribution is 0.0981. The highest BCUT2D eigenvalue weighted by atomic mass is 32.2. The Bertz CT molecular complexity index is 1400. The summed E-state index contributed by atoms with van der Waals surface area (Å²) in [6, 6.07) is 12.3. The number of aryl methyl sites for hydroxylation is 2. The highest BCUT2D eigenvalue weighted by molar-refractivity contribution is 7.90. The van der Waals surface area contributed by atoms with Crippen LogP contribution in [0.15, 0.2) is 53.6 Å². The second-order valence-electron chi connectivity index (χ2n) is 9.68. The van der Waals surface area contributed by atoms with Crippen LogP contribution in [0.3, 0.4) is 0 Å². The van der Waals surface area contributed by atoms with Crippen molar-refractivity contribution < 1.29 is 13.2 Å². The van der Waals surface area contributed by atoms with E-state index in [0.717, 1.165) is 23.2 Å². The molecule has 1 aliphatic rings. The molecule has 35 heavy (non-hydrogen) atoms. The summed E-state index contributed by atoms with van der Waals surface area (Å²) in [4.78, 5) is 23.9. The molecule has 0 saturated carbocycles. The van der Waals surface area contributed by atoms with Gasteiger partial charge in [-0.3, -0.25) is 4.79 Å². The monoisotopic (exact) mass is 493 g/mol. The molecule has 1 amide bonds. The minimum atomic E-state index is -4.22. The smallest absolute Gasteiger partial charge is 0.268 e. The molecule has 1 saturated heterocycles. The van der Waals surface area contributed by atoms with Gasteiger partial charge in [-0.1, -0.05) is 19.1 Å². The van der Waals surface area contributed by atoms with Crippen LogP contribution in [-0.4, -0.2) is 36.4 Å². The molecule has 3 N–H and O–H groups in total. The van der Waals surface area contributed by atoms with E-state index in [4.69, 9.17) is 10.7 Å². The summed E-state index contributed by atoms with van der Waals surface area (Å²) in [6.45, 7) is 11.2. The van der Waals surface area contributed by atoms with Gasteiger partial charge in [0.25, 0.3) is 15.9 Å². The van der Waals surface area contributed by atoms with E-state index in [2.05, 4.69) is 48.4 Å². The van der Waals surface area contributed by atoms with Crippen molar-refractivity contribution in [3.05, 3.63) is 65.4 Å². The average Bonchev–Trinajstić information content (AvgIpc) is 3.07. The number of nitrogens with one attached hydrogen (secondary N) is 1. The van der Waals surface area contributed by atoms with E-state index in [0.29, 0.717) is 18.3 Å². The van der Waals surface area contributed by atoms with Crippen molar-refractivity contribution in [1.82, 2.24) is 14.7 Å². The van der Waals surface area contributed by atoms with Crippen molar-refractivity contribution in [3.8, 4) is 11.3 Å². The summed E-state index contributed by atoms with van der Waals surface area (Å²) in [6.07, 6.45) is 2.33. The number of rotatable bonds is 5. The molecule has 8 nitrogen and oxygen atoms in total. The van der Waals surface area contributed by atoms with E-state index in [1.165, 1.54) is 23.9 Å². The fourth-order valence-electron chi connectivity index (χ4n) is 4.36. The van der Waals surface area contributed by atoms with Gasteiger partial charge in [-0.05, 0) is 81.5 Å². The van der Waals surface area contributed by atoms with Crippen LogP contribution in [0.1, 0.15) is 48.7 Å². The SMILES string of the molecule is Cc1ccc(-c2ccc(C(=O)NS(=O)(=O)c3cccnc3N)c(N3CCC(C)C3(C)C)n2)cc1C. The van der Waals surface area contributed by atoms with Crippen molar-refractivity contribution >= 4 is 27.6 Å². The number of carbonyl (C=O) groups excluding carboxylic acids is 1.